The molecule has 120 valence electrons. The van der Waals surface area contributed by atoms with Crippen LogP contribution in [0.2, 0.25) is 5.02 Å². The zero-order valence-corrected chi connectivity index (χ0v) is 12.8. The van der Waals surface area contributed by atoms with Crippen molar-refractivity contribution < 1.29 is 14.5 Å². The third kappa shape index (κ3) is 4.66. The molecule has 2 rings (SSSR count). The molecule has 1 aromatic carbocycles. The molecular formula is C14H18ClN3O4. The number of hydrogen-bond acceptors (Lipinski definition) is 5. The molecule has 1 amide bonds. The molecule has 1 N–H and O–H groups in total. The second-order valence-electron chi connectivity index (χ2n) is 4.98. The van der Waals surface area contributed by atoms with Crippen molar-refractivity contribution in [3.05, 3.63) is 38.9 Å². The quantitative estimate of drug-likeness (QED) is 0.488. The van der Waals surface area contributed by atoms with Gasteiger partial charge in [-0.2, -0.15) is 0 Å². The Morgan fingerprint density at radius 3 is 2.77 bits per heavy atom. The lowest BCUT2D eigenvalue weighted by Crippen LogP contribution is -2.38. The smallest absolute Gasteiger partial charge is 0.270 e. The summed E-state index contributed by atoms with van der Waals surface area (Å²) in [5.41, 5.74) is 0.118. The van der Waals surface area contributed by atoms with Crippen LogP contribution in [0, 0.1) is 10.1 Å². The van der Waals surface area contributed by atoms with Gasteiger partial charge < -0.3 is 10.1 Å². The van der Waals surface area contributed by atoms with Gasteiger partial charge in [-0.05, 0) is 19.0 Å². The molecule has 0 bridgehead atoms. The third-order valence-corrected chi connectivity index (χ3v) is 3.76. The highest BCUT2D eigenvalue weighted by Crippen LogP contribution is 2.22. The molecule has 1 aromatic rings. The van der Waals surface area contributed by atoms with Crippen LogP contribution in [0.5, 0.6) is 0 Å². The predicted octanol–water partition coefficient (Wildman–Crippen LogP) is 1.70. The second kappa shape index (κ2) is 8.07. The monoisotopic (exact) mass is 327 g/mol. The fourth-order valence-electron chi connectivity index (χ4n) is 2.23. The lowest BCUT2D eigenvalue weighted by Gasteiger charge is -2.26. The maximum absolute atomic E-state index is 12.0. The van der Waals surface area contributed by atoms with E-state index in [0.717, 1.165) is 39.3 Å². The molecule has 0 aliphatic carbocycles. The van der Waals surface area contributed by atoms with Gasteiger partial charge in [0.1, 0.15) is 0 Å². The number of rotatable bonds is 6. The number of halogens is 1. The molecule has 0 atom stereocenters. The molecule has 7 nitrogen and oxygen atoms in total. The van der Waals surface area contributed by atoms with Crippen molar-refractivity contribution in [3.8, 4) is 0 Å². The minimum atomic E-state index is -0.546. The average molecular weight is 328 g/mol. The van der Waals surface area contributed by atoms with Gasteiger partial charge in [0, 0.05) is 31.8 Å². The Hall–Kier alpha value is -1.70. The zero-order valence-electron chi connectivity index (χ0n) is 12.1. The van der Waals surface area contributed by atoms with Gasteiger partial charge in [0.05, 0.1) is 28.7 Å². The Morgan fingerprint density at radius 1 is 1.41 bits per heavy atom. The topological polar surface area (TPSA) is 84.7 Å². The van der Waals surface area contributed by atoms with Gasteiger partial charge in [-0.25, -0.2) is 0 Å². The number of ether oxygens (including phenoxy) is 1. The number of carbonyl (C=O) groups is 1. The number of hydrogen-bond donors (Lipinski definition) is 1. The Bertz CT molecular complexity index is 547. The van der Waals surface area contributed by atoms with Gasteiger partial charge in [0.25, 0.3) is 11.6 Å². The van der Waals surface area contributed by atoms with Gasteiger partial charge in [-0.1, -0.05) is 11.6 Å². The van der Waals surface area contributed by atoms with Crippen molar-refractivity contribution in [2.45, 2.75) is 6.42 Å². The number of non-ortho nitro benzene ring substituents is 1. The van der Waals surface area contributed by atoms with E-state index in [9.17, 15) is 14.9 Å². The summed E-state index contributed by atoms with van der Waals surface area (Å²) in [6.45, 7) is 4.78. The van der Waals surface area contributed by atoms with Crippen LogP contribution in [-0.2, 0) is 4.74 Å². The number of amides is 1. The number of nitro groups is 1. The van der Waals surface area contributed by atoms with E-state index < -0.39 is 4.92 Å². The average Bonchev–Trinajstić information content (AvgIpc) is 2.52. The summed E-state index contributed by atoms with van der Waals surface area (Å²) in [5.74, 6) is -0.318. The molecular weight excluding hydrogens is 310 g/mol. The lowest BCUT2D eigenvalue weighted by molar-refractivity contribution is -0.384. The number of carbonyl (C=O) groups excluding carboxylic acids is 1. The largest absolute Gasteiger partial charge is 0.379 e. The van der Waals surface area contributed by atoms with E-state index in [2.05, 4.69) is 10.2 Å². The van der Waals surface area contributed by atoms with E-state index >= 15 is 0 Å². The van der Waals surface area contributed by atoms with Crippen LogP contribution < -0.4 is 5.32 Å². The lowest BCUT2D eigenvalue weighted by atomic mass is 10.2. The van der Waals surface area contributed by atoms with Gasteiger partial charge in [0.15, 0.2) is 0 Å². The Kier molecular flexibility index (Phi) is 6.11. The SMILES string of the molecule is O=C(NCCCN1CCOCC1)c1ccc([N+](=O)[O-])cc1Cl. The van der Waals surface area contributed by atoms with Crippen LogP contribution in [0.1, 0.15) is 16.8 Å². The third-order valence-electron chi connectivity index (χ3n) is 3.45. The van der Waals surface area contributed by atoms with Gasteiger partial charge in [0.2, 0.25) is 0 Å². The van der Waals surface area contributed by atoms with E-state index in [1.54, 1.807) is 0 Å². The van der Waals surface area contributed by atoms with Crippen molar-refractivity contribution in [2.24, 2.45) is 0 Å². The molecule has 8 heteroatoms. The molecule has 1 aliphatic heterocycles. The highest BCUT2D eigenvalue weighted by atomic mass is 35.5. The minimum absolute atomic E-state index is 0.0832. The minimum Gasteiger partial charge on any atom is -0.379 e. The van der Waals surface area contributed by atoms with Gasteiger partial charge in [-0.15, -0.1) is 0 Å². The van der Waals surface area contributed by atoms with E-state index in [1.165, 1.54) is 18.2 Å². The van der Waals surface area contributed by atoms with E-state index in [4.69, 9.17) is 16.3 Å². The zero-order chi connectivity index (χ0) is 15.9. The van der Waals surface area contributed by atoms with Gasteiger partial charge >= 0.3 is 0 Å². The Labute approximate surface area is 133 Å². The summed E-state index contributed by atoms with van der Waals surface area (Å²) < 4.78 is 5.27. The van der Waals surface area contributed by atoms with Crippen LogP contribution in [0.3, 0.4) is 0 Å². The molecule has 22 heavy (non-hydrogen) atoms. The Balaban J connectivity index is 1.78. The van der Waals surface area contributed by atoms with E-state index in [-0.39, 0.29) is 22.2 Å². The molecule has 1 fully saturated rings. The normalized spacial score (nSPS) is 15.5. The van der Waals surface area contributed by atoms with Crippen molar-refractivity contribution in [2.75, 3.05) is 39.4 Å². The summed E-state index contributed by atoms with van der Waals surface area (Å²) in [5, 5.41) is 13.5. The Morgan fingerprint density at radius 2 is 2.14 bits per heavy atom. The van der Waals surface area contributed by atoms with E-state index in [0.29, 0.717) is 6.54 Å². The molecule has 0 unspecified atom stereocenters. The second-order valence-corrected chi connectivity index (χ2v) is 5.39. The first-order chi connectivity index (χ1) is 10.6. The first-order valence-corrected chi connectivity index (χ1v) is 7.48. The van der Waals surface area contributed by atoms with Crippen molar-refractivity contribution in [3.63, 3.8) is 0 Å². The summed E-state index contributed by atoms with van der Waals surface area (Å²) in [7, 11) is 0. The fraction of sp³-hybridized carbons (Fsp3) is 0.500. The molecule has 1 aliphatic rings. The van der Waals surface area contributed by atoms with Gasteiger partial charge in [-0.3, -0.25) is 19.8 Å². The maximum Gasteiger partial charge on any atom is 0.270 e. The van der Waals surface area contributed by atoms with Crippen LogP contribution in [0.25, 0.3) is 0 Å². The molecule has 0 saturated carbocycles. The number of benzene rings is 1. The number of nitro benzene ring substituents is 1. The molecule has 0 aromatic heterocycles. The number of nitrogens with zero attached hydrogens (tertiary/aromatic N) is 2. The highest BCUT2D eigenvalue weighted by Gasteiger charge is 2.15. The highest BCUT2D eigenvalue weighted by molar-refractivity contribution is 6.34. The maximum atomic E-state index is 12.0. The van der Waals surface area contributed by atoms with Crippen LogP contribution in [0.15, 0.2) is 18.2 Å². The van der Waals surface area contributed by atoms with Crippen molar-refractivity contribution >= 4 is 23.2 Å². The van der Waals surface area contributed by atoms with Crippen molar-refractivity contribution in [1.82, 2.24) is 10.2 Å². The molecule has 0 radical (unpaired) electrons. The summed E-state index contributed by atoms with van der Waals surface area (Å²) in [6, 6.07) is 3.83. The molecule has 0 spiro atoms. The summed E-state index contributed by atoms with van der Waals surface area (Å²) in [6.07, 6.45) is 0.830. The first kappa shape index (κ1) is 16.7. The fourth-order valence-corrected chi connectivity index (χ4v) is 2.49. The van der Waals surface area contributed by atoms with Crippen LogP contribution in [0.4, 0.5) is 5.69 Å². The number of nitrogens with one attached hydrogen (secondary N) is 1. The first-order valence-electron chi connectivity index (χ1n) is 7.10. The molecule has 1 saturated heterocycles. The summed E-state index contributed by atoms with van der Waals surface area (Å²) >= 11 is 5.92. The molecule has 1 heterocycles. The summed E-state index contributed by atoms with van der Waals surface area (Å²) in [4.78, 5) is 24.4. The number of morpholine rings is 1. The van der Waals surface area contributed by atoms with Crippen molar-refractivity contribution in [1.29, 1.82) is 0 Å². The van der Waals surface area contributed by atoms with Crippen LogP contribution in [-0.4, -0.2) is 55.1 Å². The standard InChI is InChI=1S/C14H18ClN3O4/c15-13-10-11(18(20)21)2-3-12(13)14(19)16-4-1-5-17-6-8-22-9-7-17/h2-3,10H,1,4-9H2,(H,16,19). The van der Waals surface area contributed by atoms with E-state index in [1.807, 2.05) is 0 Å². The van der Waals surface area contributed by atoms with Crippen LogP contribution >= 0.6 is 11.6 Å². The predicted molar refractivity (Wildman–Crippen MR) is 82.3 cm³/mol.